The van der Waals surface area contributed by atoms with Gasteiger partial charge in [0.25, 0.3) is 0 Å². The van der Waals surface area contributed by atoms with E-state index in [1.165, 1.54) is 32.1 Å². The van der Waals surface area contributed by atoms with Crippen LogP contribution >= 0.6 is 24.0 Å². The molecule has 0 aromatic rings. The van der Waals surface area contributed by atoms with E-state index in [4.69, 9.17) is 4.74 Å². The fourth-order valence-corrected chi connectivity index (χ4v) is 3.04. The number of guanidine groups is 1. The van der Waals surface area contributed by atoms with Crippen molar-refractivity contribution in [3.63, 3.8) is 0 Å². The van der Waals surface area contributed by atoms with Crippen molar-refractivity contribution in [3.8, 4) is 0 Å². The Morgan fingerprint density at radius 2 is 1.88 bits per heavy atom. The van der Waals surface area contributed by atoms with Crippen LogP contribution in [0.1, 0.15) is 32.1 Å². The maximum Gasteiger partial charge on any atom is 0.243 e. The van der Waals surface area contributed by atoms with E-state index in [2.05, 4.69) is 20.5 Å². The molecular weight excluding hydrogens is 433 g/mol. The molecule has 25 heavy (non-hydrogen) atoms. The van der Waals surface area contributed by atoms with Crippen LogP contribution in [0.25, 0.3) is 0 Å². The fourth-order valence-electron chi connectivity index (χ4n) is 3.04. The number of morpholine rings is 1. The molecule has 0 bridgehead atoms. The number of hydrogen-bond donors (Lipinski definition) is 2. The number of likely N-dealkylation sites (N-methyl/N-ethyl adjacent to an activating group) is 1. The third-order valence-corrected chi connectivity index (χ3v) is 4.64. The zero-order valence-corrected chi connectivity index (χ0v) is 18.0. The Bertz CT molecular complexity index is 408. The molecule has 8 heteroatoms. The van der Waals surface area contributed by atoms with Crippen LogP contribution in [0.15, 0.2) is 4.99 Å². The second kappa shape index (κ2) is 12.7. The van der Waals surface area contributed by atoms with Crippen LogP contribution in [0.5, 0.6) is 0 Å². The van der Waals surface area contributed by atoms with Gasteiger partial charge >= 0.3 is 0 Å². The SMILES string of the molecule is CN(C)C(=O)CN=C(NCCN1CCOCC1)NC1CCCCC1.I. The molecule has 2 N–H and O–H groups in total. The van der Waals surface area contributed by atoms with Gasteiger partial charge in [-0.1, -0.05) is 19.3 Å². The van der Waals surface area contributed by atoms with Crippen molar-refractivity contribution in [2.75, 3.05) is 60.0 Å². The highest BCUT2D eigenvalue weighted by molar-refractivity contribution is 14.0. The predicted molar refractivity (Wildman–Crippen MR) is 112 cm³/mol. The minimum Gasteiger partial charge on any atom is -0.379 e. The van der Waals surface area contributed by atoms with Gasteiger partial charge < -0.3 is 20.3 Å². The van der Waals surface area contributed by atoms with E-state index in [1.807, 2.05) is 0 Å². The molecule has 2 aliphatic rings. The molecule has 0 atom stereocenters. The summed E-state index contributed by atoms with van der Waals surface area (Å²) in [5.41, 5.74) is 0. The Morgan fingerprint density at radius 3 is 2.52 bits per heavy atom. The van der Waals surface area contributed by atoms with Gasteiger partial charge in [-0.3, -0.25) is 9.69 Å². The maximum absolute atomic E-state index is 11.8. The van der Waals surface area contributed by atoms with Gasteiger partial charge in [0.2, 0.25) is 5.91 Å². The van der Waals surface area contributed by atoms with Crippen molar-refractivity contribution < 1.29 is 9.53 Å². The first-order valence-corrected chi connectivity index (χ1v) is 9.20. The van der Waals surface area contributed by atoms with E-state index in [9.17, 15) is 4.79 Å². The summed E-state index contributed by atoms with van der Waals surface area (Å²) in [6, 6.07) is 0.475. The first-order chi connectivity index (χ1) is 11.6. The van der Waals surface area contributed by atoms with Crippen molar-refractivity contribution >= 4 is 35.8 Å². The quantitative estimate of drug-likeness (QED) is 0.345. The molecule has 1 amide bonds. The van der Waals surface area contributed by atoms with Crippen molar-refractivity contribution in [3.05, 3.63) is 0 Å². The highest BCUT2D eigenvalue weighted by Crippen LogP contribution is 2.17. The number of hydrogen-bond acceptors (Lipinski definition) is 4. The van der Waals surface area contributed by atoms with Crippen molar-refractivity contribution in [2.45, 2.75) is 38.1 Å². The van der Waals surface area contributed by atoms with Crippen molar-refractivity contribution in [1.29, 1.82) is 0 Å². The zero-order valence-electron chi connectivity index (χ0n) is 15.6. The standard InChI is InChI=1S/C17H33N5O2.HI/c1-21(2)16(23)14-19-17(20-15-6-4-3-5-7-15)18-8-9-22-10-12-24-13-11-22;/h15H,3-14H2,1-2H3,(H2,18,19,20);1H. The molecule has 1 aliphatic carbocycles. The second-order valence-electron chi connectivity index (χ2n) is 6.81. The molecule has 2 fully saturated rings. The number of amides is 1. The zero-order chi connectivity index (χ0) is 17.2. The number of rotatable bonds is 6. The summed E-state index contributed by atoms with van der Waals surface area (Å²) in [6.07, 6.45) is 6.25. The molecule has 0 aromatic carbocycles. The van der Waals surface area contributed by atoms with Gasteiger partial charge in [0.05, 0.1) is 13.2 Å². The van der Waals surface area contributed by atoms with Crippen molar-refractivity contribution in [1.82, 2.24) is 20.4 Å². The molecule has 7 nitrogen and oxygen atoms in total. The molecule has 0 radical (unpaired) electrons. The van der Waals surface area contributed by atoms with E-state index in [-0.39, 0.29) is 36.4 Å². The summed E-state index contributed by atoms with van der Waals surface area (Å²) in [7, 11) is 3.52. The lowest BCUT2D eigenvalue weighted by atomic mass is 9.96. The third-order valence-electron chi connectivity index (χ3n) is 4.64. The van der Waals surface area contributed by atoms with E-state index in [0.717, 1.165) is 45.4 Å². The molecule has 0 spiro atoms. The highest BCUT2D eigenvalue weighted by Gasteiger charge is 2.16. The first-order valence-electron chi connectivity index (χ1n) is 9.20. The Kier molecular flexibility index (Phi) is 11.4. The number of ether oxygens (including phenoxy) is 1. The molecule has 1 heterocycles. The number of carbonyl (C=O) groups is 1. The van der Waals surface area contributed by atoms with Gasteiger partial charge in [0, 0.05) is 46.3 Å². The van der Waals surface area contributed by atoms with E-state index < -0.39 is 0 Å². The van der Waals surface area contributed by atoms with Gasteiger partial charge in [0.1, 0.15) is 6.54 Å². The van der Waals surface area contributed by atoms with Crippen LogP contribution in [0.2, 0.25) is 0 Å². The lowest BCUT2D eigenvalue weighted by Crippen LogP contribution is -2.48. The molecule has 1 aliphatic heterocycles. The maximum atomic E-state index is 11.8. The number of aliphatic imine (C=N–C) groups is 1. The average molecular weight is 467 g/mol. The van der Waals surface area contributed by atoms with Gasteiger partial charge in [0.15, 0.2) is 5.96 Å². The molecular formula is C17H34IN5O2. The fraction of sp³-hybridized carbons (Fsp3) is 0.882. The van der Waals surface area contributed by atoms with E-state index in [0.29, 0.717) is 6.04 Å². The largest absolute Gasteiger partial charge is 0.379 e. The van der Waals surface area contributed by atoms with E-state index >= 15 is 0 Å². The van der Waals surface area contributed by atoms with Gasteiger partial charge in [-0.25, -0.2) is 4.99 Å². The summed E-state index contributed by atoms with van der Waals surface area (Å²) < 4.78 is 5.37. The Labute approximate surface area is 169 Å². The van der Waals surface area contributed by atoms with Crippen LogP contribution in [-0.4, -0.2) is 87.7 Å². The Morgan fingerprint density at radius 1 is 1.20 bits per heavy atom. The second-order valence-corrected chi connectivity index (χ2v) is 6.81. The predicted octanol–water partition coefficient (Wildman–Crippen LogP) is 0.893. The summed E-state index contributed by atoms with van der Waals surface area (Å²) >= 11 is 0. The Balaban J connectivity index is 0.00000312. The lowest BCUT2D eigenvalue weighted by molar-refractivity contribution is -0.127. The number of carbonyl (C=O) groups excluding carboxylic acids is 1. The topological polar surface area (TPSA) is 69.2 Å². The van der Waals surface area contributed by atoms with Crippen LogP contribution in [-0.2, 0) is 9.53 Å². The van der Waals surface area contributed by atoms with E-state index in [1.54, 1.807) is 19.0 Å². The summed E-state index contributed by atoms with van der Waals surface area (Å²) in [5.74, 6) is 0.790. The van der Waals surface area contributed by atoms with Crippen LogP contribution in [0.4, 0.5) is 0 Å². The first kappa shape index (κ1) is 22.4. The van der Waals surface area contributed by atoms with Crippen LogP contribution < -0.4 is 10.6 Å². The number of nitrogens with one attached hydrogen (secondary N) is 2. The van der Waals surface area contributed by atoms with Gasteiger partial charge in [-0.05, 0) is 12.8 Å². The smallest absolute Gasteiger partial charge is 0.243 e. The van der Waals surface area contributed by atoms with Crippen LogP contribution in [0.3, 0.4) is 0 Å². The van der Waals surface area contributed by atoms with Gasteiger partial charge in [-0.2, -0.15) is 0 Å². The van der Waals surface area contributed by atoms with Crippen molar-refractivity contribution in [2.24, 2.45) is 4.99 Å². The Hall–Kier alpha value is -0.610. The third kappa shape index (κ3) is 9.05. The van der Waals surface area contributed by atoms with Crippen LogP contribution in [0, 0.1) is 0 Å². The minimum atomic E-state index is 0. The normalized spacial score (nSPS) is 19.8. The number of halogens is 1. The molecule has 0 unspecified atom stereocenters. The lowest BCUT2D eigenvalue weighted by Gasteiger charge is -2.28. The average Bonchev–Trinajstić information content (AvgIpc) is 2.61. The molecule has 1 saturated heterocycles. The summed E-state index contributed by atoms with van der Waals surface area (Å²) in [5, 5.41) is 6.91. The monoisotopic (exact) mass is 467 g/mol. The minimum absolute atomic E-state index is 0. The molecule has 146 valence electrons. The highest BCUT2D eigenvalue weighted by atomic mass is 127. The molecule has 0 aromatic heterocycles. The molecule has 1 saturated carbocycles. The van der Waals surface area contributed by atoms with Gasteiger partial charge in [-0.15, -0.1) is 24.0 Å². The summed E-state index contributed by atoms with van der Waals surface area (Å²) in [6.45, 7) is 5.60. The summed E-state index contributed by atoms with van der Waals surface area (Å²) in [4.78, 5) is 20.3. The molecule has 2 rings (SSSR count). The number of nitrogens with zero attached hydrogens (tertiary/aromatic N) is 3.